The van der Waals surface area contributed by atoms with E-state index in [2.05, 4.69) is 15.9 Å². The Kier molecular flexibility index (Phi) is 1.85. The maximum absolute atomic E-state index is 9.53. The van der Waals surface area contributed by atoms with Gasteiger partial charge < -0.3 is 10.8 Å². The van der Waals surface area contributed by atoms with Crippen molar-refractivity contribution in [2.75, 3.05) is 0 Å². The molecule has 2 rings (SSSR count). The summed E-state index contributed by atoms with van der Waals surface area (Å²) in [5, 5.41) is 9.53. The molecule has 0 heterocycles. The zero-order chi connectivity index (χ0) is 8.72. The highest BCUT2D eigenvalue weighted by Gasteiger charge is 2.36. The van der Waals surface area contributed by atoms with Crippen LogP contribution in [0.1, 0.15) is 17.9 Å². The molecule has 1 aliphatic rings. The van der Waals surface area contributed by atoms with E-state index in [1.54, 1.807) is 6.07 Å². The van der Waals surface area contributed by atoms with Crippen molar-refractivity contribution in [3.05, 3.63) is 28.2 Å². The lowest BCUT2D eigenvalue weighted by atomic mass is 10.1. The van der Waals surface area contributed by atoms with E-state index >= 15 is 0 Å². The van der Waals surface area contributed by atoms with E-state index in [-0.39, 0.29) is 6.04 Å². The first-order valence-corrected chi connectivity index (χ1v) is 4.72. The van der Waals surface area contributed by atoms with Crippen LogP contribution < -0.4 is 5.73 Å². The Morgan fingerprint density at radius 1 is 1.50 bits per heavy atom. The van der Waals surface area contributed by atoms with E-state index < -0.39 is 0 Å². The Hall–Kier alpha value is -0.540. The summed E-state index contributed by atoms with van der Waals surface area (Å²) >= 11 is 3.29. The van der Waals surface area contributed by atoms with Gasteiger partial charge in [-0.2, -0.15) is 0 Å². The average molecular weight is 228 g/mol. The zero-order valence-electron chi connectivity index (χ0n) is 6.50. The number of benzene rings is 1. The van der Waals surface area contributed by atoms with Gasteiger partial charge in [0.15, 0.2) is 0 Å². The Morgan fingerprint density at radius 2 is 2.17 bits per heavy atom. The third-order valence-corrected chi connectivity index (χ3v) is 2.73. The Bertz CT molecular complexity index is 313. The summed E-state index contributed by atoms with van der Waals surface area (Å²) in [6.07, 6.45) is 0.995. The van der Waals surface area contributed by atoms with Gasteiger partial charge in [0, 0.05) is 16.4 Å². The number of aromatic hydroxyl groups is 1. The number of halogens is 1. The van der Waals surface area contributed by atoms with Crippen LogP contribution in [0.4, 0.5) is 0 Å². The molecular weight excluding hydrogens is 218 g/mol. The van der Waals surface area contributed by atoms with Gasteiger partial charge in [-0.25, -0.2) is 0 Å². The van der Waals surface area contributed by atoms with Crippen molar-refractivity contribution in [2.45, 2.75) is 18.4 Å². The van der Waals surface area contributed by atoms with Crippen molar-refractivity contribution in [3.8, 4) is 5.75 Å². The molecule has 1 aromatic carbocycles. The second kappa shape index (κ2) is 2.75. The number of hydrogen-bond donors (Lipinski definition) is 2. The molecule has 2 atom stereocenters. The van der Waals surface area contributed by atoms with Crippen LogP contribution in [-0.2, 0) is 0 Å². The van der Waals surface area contributed by atoms with Crippen molar-refractivity contribution < 1.29 is 5.11 Å². The standard InChI is InChI=1S/C9H10BrNO/c10-5-1-2-6(9(12)3-5)7-4-8(7)11/h1-3,7-8,12H,4,11H2/t7-,8+/m0/s1. The van der Waals surface area contributed by atoms with E-state index in [9.17, 15) is 5.11 Å². The van der Waals surface area contributed by atoms with Crippen molar-refractivity contribution in [1.82, 2.24) is 0 Å². The van der Waals surface area contributed by atoms with Gasteiger partial charge in [-0.1, -0.05) is 22.0 Å². The van der Waals surface area contributed by atoms with Crippen LogP contribution in [0.3, 0.4) is 0 Å². The monoisotopic (exact) mass is 227 g/mol. The normalized spacial score (nSPS) is 27.2. The molecule has 1 aromatic rings. The Morgan fingerprint density at radius 3 is 2.67 bits per heavy atom. The minimum atomic E-state index is 0.247. The van der Waals surface area contributed by atoms with Gasteiger partial charge in [0.25, 0.3) is 0 Å². The highest BCUT2D eigenvalue weighted by atomic mass is 79.9. The van der Waals surface area contributed by atoms with Crippen LogP contribution >= 0.6 is 15.9 Å². The summed E-state index contributed by atoms with van der Waals surface area (Å²) in [6, 6.07) is 5.81. The summed E-state index contributed by atoms with van der Waals surface area (Å²) in [6.45, 7) is 0. The SMILES string of the molecule is N[C@@H]1C[C@H]1c1ccc(Br)cc1O. The molecule has 64 valence electrons. The zero-order valence-corrected chi connectivity index (χ0v) is 8.08. The van der Waals surface area contributed by atoms with E-state index in [0.29, 0.717) is 11.7 Å². The number of nitrogens with two attached hydrogens (primary N) is 1. The van der Waals surface area contributed by atoms with Crippen molar-refractivity contribution in [3.63, 3.8) is 0 Å². The average Bonchev–Trinajstić information content (AvgIpc) is 2.66. The van der Waals surface area contributed by atoms with Gasteiger partial charge in [0.1, 0.15) is 5.75 Å². The molecule has 0 saturated heterocycles. The fourth-order valence-electron chi connectivity index (χ4n) is 1.40. The Balaban J connectivity index is 2.33. The molecule has 0 amide bonds. The fourth-order valence-corrected chi connectivity index (χ4v) is 1.75. The summed E-state index contributed by atoms with van der Waals surface area (Å²) in [5.41, 5.74) is 6.66. The summed E-state index contributed by atoms with van der Waals surface area (Å²) in [4.78, 5) is 0. The van der Waals surface area contributed by atoms with E-state index in [0.717, 1.165) is 16.5 Å². The minimum Gasteiger partial charge on any atom is -0.508 e. The van der Waals surface area contributed by atoms with Crippen LogP contribution in [-0.4, -0.2) is 11.1 Å². The van der Waals surface area contributed by atoms with E-state index in [1.165, 1.54) is 0 Å². The molecule has 3 N–H and O–H groups in total. The maximum atomic E-state index is 9.53. The van der Waals surface area contributed by atoms with Gasteiger partial charge in [-0.05, 0) is 24.1 Å². The van der Waals surface area contributed by atoms with Crippen molar-refractivity contribution in [1.29, 1.82) is 0 Å². The molecule has 0 spiro atoms. The summed E-state index contributed by atoms with van der Waals surface area (Å²) < 4.78 is 0.901. The van der Waals surface area contributed by atoms with Crippen LogP contribution in [0.5, 0.6) is 5.75 Å². The lowest BCUT2D eigenvalue weighted by Gasteiger charge is -2.02. The molecule has 12 heavy (non-hydrogen) atoms. The first kappa shape index (κ1) is 8.08. The third-order valence-electron chi connectivity index (χ3n) is 2.23. The molecule has 0 aromatic heterocycles. The van der Waals surface area contributed by atoms with Gasteiger partial charge >= 0.3 is 0 Å². The highest BCUT2D eigenvalue weighted by molar-refractivity contribution is 9.10. The predicted molar refractivity (Wildman–Crippen MR) is 51.1 cm³/mol. The quantitative estimate of drug-likeness (QED) is 0.771. The fraction of sp³-hybridized carbons (Fsp3) is 0.333. The minimum absolute atomic E-state index is 0.247. The molecule has 1 saturated carbocycles. The van der Waals surface area contributed by atoms with Crippen LogP contribution in [0.25, 0.3) is 0 Å². The van der Waals surface area contributed by atoms with E-state index in [1.807, 2.05) is 12.1 Å². The molecule has 1 aliphatic carbocycles. The second-order valence-corrected chi connectivity index (χ2v) is 4.12. The predicted octanol–water partition coefficient (Wildman–Crippen LogP) is 1.97. The van der Waals surface area contributed by atoms with Crippen LogP contribution in [0.15, 0.2) is 22.7 Å². The Labute approximate surface area is 79.5 Å². The smallest absolute Gasteiger partial charge is 0.120 e. The van der Waals surface area contributed by atoms with Crippen LogP contribution in [0.2, 0.25) is 0 Å². The maximum Gasteiger partial charge on any atom is 0.120 e. The van der Waals surface area contributed by atoms with E-state index in [4.69, 9.17) is 5.73 Å². The third kappa shape index (κ3) is 1.34. The number of phenolic OH excluding ortho intramolecular Hbond substituents is 1. The molecule has 0 bridgehead atoms. The van der Waals surface area contributed by atoms with Gasteiger partial charge in [0.2, 0.25) is 0 Å². The lowest BCUT2D eigenvalue weighted by molar-refractivity contribution is 0.467. The molecule has 0 radical (unpaired) electrons. The second-order valence-electron chi connectivity index (χ2n) is 3.21. The lowest BCUT2D eigenvalue weighted by Crippen LogP contribution is -2.00. The molecule has 1 fully saturated rings. The first-order valence-electron chi connectivity index (χ1n) is 3.92. The number of phenols is 1. The largest absolute Gasteiger partial charge is 0.508 e. The molecule has 0 unspecified atom stereocenters. The van der Waals surface area contributed by atoms with Gasteiger partial charge in [0.05, 0.1) is 0 Å². The van der Waals surface area contributed by atoms with Crippen LogP contribution in [0, 0.1) is 0 Å². The van der Waals surface area contributed by atoms with Crippen molar-refractivity contribution >= 4 is 15.9 Å². The number of hydrogen-bond acceptors (Lipinski definition) is 2. The summed E-state index contributed by atoms with van der Waals surface area (Å²) in [7, 11) is 0. The van der Waals surface area contributed by atoms with Crippen molar-refractivity contribution in [2.24, 2.45) is 5.73 Å². The highest BCUT2D eigenvalue weighted by Crippen LogP contribution is 2.43. The molecule has 0 aliphatic heterocycles. The number of rotatable bonds is 1. The molecule has 3 heteroatoms. The van der Waals surface area contributed by atoms with Gasteiger partial charge in [-0.3, -0.25) is 0 Å². The summed E-state index contributed by atoms with van der Waals surface area (Å²) in [5.74, 6) is 0.723. The molecular formula is C9H10BrNO. The first-order chi connectivity index (χ1) is 5.68. The topological polar surface area (TPSA) is 46.2 Å². The molecule has 2 nitrogen and oxygen atoms in total. The van der Waals surface area contributed by atoms with Gasteiger partial charge in [-0.15, -0.1) is 0 Å².